The normalized spacial score (nSPS) is 20.9. The van der Waals surface area contributed by atoms with E-state index in [0.717, 1.165) is 11.1 Å². The highest BCUT2D eigenvalue weighted by atomic mass is 16.1. The molecule has 0 saturated carbocycles. The van der Waals surface area contributed by atoms with E-state index in [2.05, 4.69) is 10.3 Å². The molecule has 74 valence electrons. The third-order valence-corrected chi connectivity index (χ3v) is 2.59. The number of rotatable bonds is 1. The van der Waals surface area contributed by atoms with Gasteiger partial charge in [0.05, 0.1) is 0 Å². The minimum absolute atomic E-state index is 0.115. The lowest BCUT2D eigenvalue weighted by atomic mass is 9.99. The van der Waals surface area contributed by atoms with Crippen LogP contribution in [0.3, 0.4) is 0 Å². The van der Waals surface area contributed by atoms with Crippen LogP contribution in [0.5, 0.6) is 0 Å². The first kappa shape index (κ1) is 8.99. The van der Waals surface area contributed by atoms with Crippen molar-refractivity contribution in [1.82, 2.24) is 10.3 Å². The van der Waals surface area contributed by atoms with Crippen molar-refractivity contribution in [3.8, 4) is 0 Å². The second-order valence-electron chi connectivity index (χ2n) is 3.68. The quantitative estimate of drug-likeness (QED) is 0.682. The molecule has 0 radical (unpaired) electrons. The maximum absolute atomic E-state index is 11.0. The summed E-state index contributed by atoms with van der Waals surface area (Å²) in [5.41, 5.74) is 7.69. The number of amides is 1. The summed E-state index contributed by atoms with van der Waals surface area (Å²) in [6.45, 7) is 2.64. The van der Waals surface area contributed by atoms with Crippen molar-refractivity contribution in [1.29, 1.82) is 0 Å². The number of aryl methyl sites for hydroxylation is 1. The van der Waals surface area contributed by atoms with Crippen LogP contribution in [0.25, 0.3) is 0 Å². The molecule has 1 aliphatic rings. The third kappa shape index (κ3) is 1.55. The SMILES string of the molecule is Cc1cc([C@@H]2CNC(=O)C2)cnc1N. The second kappa shape index (κ2) is 3.29. The molecule has 1 aromatic rings. The van der Waals surface area contributed by atoms with Crippen molar-refractivity contribution < 1.29 is 4.79 Å². The van der Waals surface area contributed by atoms with E-state index in [4.69, 9.17) is 5.73 Å². The Morgan fingerprint density at radius 1 is 1.64 bits per heavy atom. The first-order chi connectivity index (χ1) is 6.66. The van der Waals surface area contributed by atoms with Gasteiger partial charge in [0, 0.05) is 25.1 Å². The number of aromatic nitrogens is 1. The van der Waals surface area contributed by atoms with E-state index in [1.807, 2.05) is 13.0 Å². The highest BCUT2D eigenvalue weighted by molar-refractivity contribution is 5.79. The largest absolute Gasteiger partial charge is 0.383 e. The lowest BCUT2D eigenvalue weighted by Gasteiger charge is -2.08. The fourth-order valence-corrected chi connectivity index (χ4v) is 1.67. The highest BCUT2D eigenvalue weighted by Crippen LogP contribution is 2.24. The molecule has 1 aromatic heterocycles. The number of hydrogen-bond acceptors (Lipinski definition) is 3. The minimum Gasteiger partial charge on any atom is -0.383 e. The summed E-state index contributed by atoms with van der Waals surface area (Å²) in [7, 11) is 0. The van der Waals surface area contributed by atoms with E-state index in [-0.39, 0.29) is 11.8 Å². The fourth-order valence-electron chi connectivity index (χ4n) is 1.67. The van der Waals surface area contributed by atoms with E-state index in [1.54, 1.807) is 6.20 Å². The summed E-state index contributed by atoms with van der Waals surface area (Å²) >= 11 is 0. The van der Waals surface area contributed by atoms with Crippen LogP contribution in [0.2, 0.25) is 0 Å². The summed E-state index contributed by atoms with van der Waals surface area (Å²) in [6, 6.07) is 2.01. The Hall–Kier alpha value is -1.58. The van der Waals surface area contributed by atoms with Crippen LogP contribution < -0.4 is 11.1 Å². The maximum Gasteiger partial charge on any atom is 0.220 e. The number of hydrogen-bond donors (Lipinski definition) is 2. The van der Waals surface area contributed by atoms with Gasteiger partial charge >= 0.3 is 0 Å². The van der Waals surface area contributed by atoms with Crippen molar-refractivity contribution in [2.75, 3.05) is 12.3 Å². The number of nitrogen functional groups attached to an aromatic ring is 1. The monoisotopic (exact) mass is 191 g/mol. The van der Waals surface area contributed by atoms with Gasteiger partial charge in [0.25, 0.3) is 0 Å². The number of nitrogens with one attached hydrogen (secondary N) is 1. The molecule has 1 atom stereocenters. The average Bonchev–Trinajstić information content (AvgIpc) is 2.57. The molecule has 0 bridgehead atoms. The van der Waals surface area contributed by atoms with Gasteiger partial charge in [-0.05, 0) is 18.1 Å². The van der Waals surface area contributed by atoms with Crippen molar-refractivity contribution in [2.24, 2.45) is 0 Å². The zero-order valence-electron chi connectivity index (χ0n) is 8.08. The first-order valence-corrected chi connectivity index (χ1v) is 4.65. The van der Waals surface area contributed by atoms with Crippen LogP contribution >= 0.6 is 0 Å². The van der Waals surface area contributed by atoms with Gasteiger partial charge < -0.3 is 11.1 Å². The Kier molecular flexibility index (Phi) is 2.11. The molecule has 2 rings (SSSR count). The van der Waals surface area contributed by atoms with Gasteiger partial charge in [0.1, 0.15) is 5.82 Å². The standard InChI is InChI=1S/C10H13N3O/c1-6-2-7(5-13-10(6)11)8-3-9(14)12-4-8/h2,5,8H,3-4H2,1H3,(H2,11,13)(H,12,14)/t8-/m0/s1. The molecule has 2 heterocycles. The molecule has 14 heavy (non-hydrogen) atoms. The molecule has 1 amide bonds. The maximum atomic E-state index is 11.0. The van der Waals surface area contributed by atoms with Crippen LogP contribution in [0.15, 0.2) is 12.3 Å². The smallest absolute Gasteiger partial charge is 0.220 e. The molecule has 0 unspecified atom stereocenters. The summed E-state index contributed by atoms with van der Waals surface area (Å²) in [5, 5.41) is 2.80. The van der Waals surface area contributed by atoms with Crippen molar-refractivity contribution in [2.45, 2.75) is 19.3 Å². The Morgan fingerprint density at radius 2 is 2.43 bits per heavy atom. The van der Waals surface area contributed by atoms with Gasteiger partial charge in [-0.1, -0.05) is 6.07 Å². The Balaban J connectivity index is 2.24. The van der Waals surface area contributed by atoms with Crippen molar-refractivity contribution in [3.05, 3.63) is 23.4 Å². The van der Waals surface area contributed by atoms with Gasteiger partial charge in [-0.15, -0.1) is 0 Å². The van der Waals surface area contributed by atoms with Gasteiger partial charge in [0.2, 0.25) is 5.91 Å². The highest BCUT2D eigenvalue weighted by Gasteiger charge is 2.23. The molecule has 3 N–H and O–H groups in total. The van der Waals surface area contributed by atoms with Crippen molar-refractivity contribution >= 4 is 11.7 Å². The zero-order valence-corrected chi connectivity index (χ0v) is 8.08. The second-order valence-corrected chi connectivity index (χ2v) is 3.68. The van der Waals surface area contributed by atoms with Crippen LogP contribution in [-0.2, 0) is 4.79 Å². The van der Waals surface area contributed by atoms with Gasteiger partial charge in [-0.3, -0.25) is 4.79 Å². The molecular weight excluding hydrogens is 178 g/mol. The topological polar surface area (TPSA) is 68.0 Å². The minimum atomic E-state index is 0.115. The molecule has 1 aliphatic heterocycles. The number of nitrogens with two attached hydrogens (primary N) is 1. The number of anilines is 1. The average molecular weight is 191 g/mol. The Morgan fingerprint density at radius 3 is 3.00 bits per heavy atom. The lowest BCUT2D eigenvalue weighted by molar-refractivity contribution is -0.119. The zero-order chi connectivity index (χ0) is 10.1. The van der Waals surface area contributed by atoms with Crippen LogP contribution in [0, 0.1) is 6.92 Å². The third-order valence-electron chi connectivity index (χ3n) is 2.59. The predicted octanol–water partition coefficient (Wildman–Crippen LogP) is 0.576. The Labute approximate surface area is 82.5 Å². The molecule has 4 nitrogen and oxygen atoms in total. The molecular formula is C10H13N3O. The molecule has 0 aromatic carbocycles. The summed E-state index contributed by atoms with van der Waals surface area (Å²) in [5.74, 6) is 0.935. The van der Waals surface area contributed by atoms with Crippen molar-refractivity contribution in [3.63, 3.8) is 0 Å². The van der Waals surface area contributed by atoms with E-state index < -0.39 is 0 Å². The number of pyridine rings is 1. The van der Waals surface area contributed by atoms with E-state index in [0.29, 0.717) is 18.8 Å². The fraction of sp³-hybridized carbons (Fsp3) is 0.400. The molecule has 1 saturated heterocycles. The van der Waals surface area contributed by atoms with E-state index in [1.165, 1.54) is 0 Å². The van der Waals surface area contributed by atoms with Gasteiger partial charge in [0.15, 0.2) is 0 Å². The predicted molar refractivity (Wildman–Crippen MR) is 53.8 cm³/mol. The van der Waals surface area contributed by atoms with Gasteiger partial charge in [-0.2, -0.15) is 0 Å². The Bertz CT molecular complexity index is 376. The van der Waals surface area contributed by atoms with Crippen LogP contribution in [0.1, 0.15) is 23.5 Å². The summed E-state index contributed by atoms with van der Waals surface area (Å²) in [4.78, 5) is 15.1. The number of carbonyl (C=O) groups excluding carboxylic acids is 1. The molecule has 4 heteroatoms. The van der Waals surface area contributed by atoms with Gasteiger partial charge in [-0.25, -0.2) is 4.98 Å². The molecule has 1 fully saturated rings. The first-order valence-electron chi connectivity index (χ1n) is 4.65. The molecule has 0 spiro atoms. The van der Waals surface area contributed by atoms with Crippen LogP contribution in [0.4, 0.5) is 5.82 Å². The number of nitrogens with zero attached hydrogens (tertiary/aromatic N) is 1. The molecule has 0 aliphatic carbocycles. The summed E-state index contributed by atoms with van der Waals surface area (Å²) < 4.78 is 0. The van der Waals surface area contributed by atoms with Crippen LogP contribution in [-0.4, -0.2) is 17.4 Å². The van der Waals surface area contributed by atoms with E-state index >= 15 is 0 Å². The lowest BCUT2D eigenvalue weighted by Crippen LogP contribution is -2.13. The van der Waals surface area contributed by atoms with E-state index in [9.17, 15) is 4.79 Å². The summed E-state index contributed by atoms with van der Waals surface area (Å²) in [6.07, 6.45) is 2.32. The number of carbonyl (C=O) groups is 1.